The van der Waals surface area contributed by atoms with Gasteiger partial charge in [-0.2, -0.15) is 0 Å². The first-order valence-corrected chi connectivity index (χ1v) is 7.65. The van der Waals surface area contributed by atoms with Gasteiger partial charge in [-0.3, -0.25) is 9.59 Å². The highest BCUT2D eigenvalue weighted by Crippen LogP contribution is 2.45. The van der Waals surface area contributed by atoms with E-state index >= 15 is 0 Å². The number of piperidine rings is 1. The lowest BCUT2D eigenvalue weighted by Gasteiger charge is -2.32. The Morgan fingerprint density at radius 1 is 1.40 bits per heavy atom. The summed E-state index contributed by atoms with van der Waals surface area (Å²) in [6.07, 6.45) is 0.438. The number of hydrogen-bond donors (Lipinski definition) is 0. The van der Waals surface area contributed by atoms with E-state index in [0.29, 0.717) is 13.0 Å². The van der Waals surface area contributed by atoms with Gasteiger partial charge < -0.3 is 9.64 Å². The van der Waals surface area contributed by atoms with Crippen molar-refractivity contribution in [2.24, 2.45) is 5.92 Å². The van der Waals surface area contributed by atoms with E-state index in [1.165, 1.54) is 6.92 Å². The summed E-state index contributed by atoms with van der Waals surface area (Å²) in [5.41, 5.74) is 1.09. The van der Waals surface area contributed by atoms with Crippen LogP contribution in [0.4, 0.5) is 0 Å². The minimum Gasteiger partial charge on any atom is -0.460 e. The van der Waals surface area contributed by atoms with E-state index in [0.717, 1.165) is 5.56 Å². The smallest absolute Gasteiger partial charge is 0.302 e. The number of carbonyl (C=O) groups excluding carboxylic acids is 2. The molecule has 0 spiro atoms. The molecular weight excluding hydrogens is 322 g/mol. The second-order valence-electron chi connectivity index (χ2n) is 5.38. The molecule has 2 fully saturated rings. The predicted molar refractivity (Wildman–Crippen MR) is 77.2 cm³/mol. The van der Waals surface area contributed by atoms with Crippen LogP contribution in [0.25, 0.3) is 0 Å². The molecule has 1 heterocycles. The molecule has 1 amide bonds. The minimum atomic E-state index is -0.283. The van der Waals surface area contributed by atoms with Crippen LogP contribution < -0.4 is 0 Å². The van der Waals surface area contributed by atoms with E-state index in [9.17, 15) is 9.59 Å². The van der Waals surface area contributed by atoms with E-state index in [1.807, 2.05) is 35.2 Å². The number of alkyl halides is 1. The van der Waals surface area contributed by atoms with E-state index in [4.69, 9.17) is 4.74 Å². The Labute approximate surface area is 126 Å². The van der Waals surface area contributed by atoms with Crippen LogP contribution in [0.3, 0.4) is 0 Å². The van der Waals surface area contributed by atoms with Gasteiger partial charge in [0.15, 0.2) is 0 Å². The Balaban J connectivity index is 1.80. The Hall–Kier alpha value is -1.36. The van der Waals surface area contributed by atoms with E-state index in [-0.39, 0.29) is 34.8 Å². The van der Waals surface area contributed by atoms with Gasteiger partial charge in [-0.15, -0.1) is 0 Å². The van der Waals surface area contributed by atoms with Crippen LogP contribution in [0, 0.1) is 5.92 Å². The van der Waals surface area contributed by atoms with Crippen LogP contribution in [0.15, 0.2) is 30.3 Å². The number of halogens is 1. The van der Waals surface area contributed by atoms with Crippen molar-refractivity contribution >= 4 is 27.8 Å². The van der Waals surface area contributed by atoms with Crippen molar-refractivity contribution in [3.63, 3.8) is 0 Å². The molecule has 4 unspecified atom stereocenters. The summed E-state index contributed by atoms with van der Waals surface area (Å²) in [7, 11) is 0. The zero-order valence-corrected chi connectivity index (χ0v) is 12.7. The van der Waals surface area contributed by atoms with E-state index < -0.39 is 0 Å². The molecule has 1 saturated heterocycles. The number of amides is 1. The number of hydrogen-bond acceptors (Lipinski definition) is 3. The van der Waals surface area contributed by atoms with Gasteiger partial charge in [-0.1, -0.05) is 46.3 Å². The normalized spacial score (nSPS) is 31.7. The van der Waals surface area contributed by atoms with Crippen molar-refractivity contribution < 1.29 is 14.3 Å². The Morgan fingerprint density at radius 3 is 2.70 bits per heavy atom. The highest BCUT2D eigenvalue weighted by Gasteiger charge is 2.58. The first kappa shape index (κ1) is 13.6. The van der Waals surface area contributed by atoms with Crippen LogP contribution >= 0.6 is 15.9 Å². The van der Waals surface area contributed by atoms with Gasteiger partial charge in [0.25, 0.3) is 0 Å². The largest absolute Gasteiger partial charge is 0.460 e. The molecule has 1 aliphatic heterocycles. The maximum absolute atomic E-state index is 12.4. The molecule has 0 aromatic heterocycles. The number of benzene rings is 1. The lowest BCUT2D eigenvalue weighted by molar-refractivity contribution is -0.155. The number of nitrogens with zero attached hydrogens (tertiary/aromatic N) is 1. The third-order valence-corrected chi connectivity index (χ3v) is 5.23. The van der Waals surface area contributed by atoms with Crippen LogP contribution in [0.5, 0.6) is 0 Å². The van der Waals surface area contributed by atoms with Crippen molar-refractivity contribution in [1.29, 1.82) is 0 Å². The molecule has 5 heteroatoms. The fourth-order valence-electron chi connectivity index (χ4n) is 3.23. The van der Waals surface area contributed by atoms with Gasteiger partial charge >= 0.3 is 5.97 Å². The maximum atomic E-state index is 12.4. The van der Waals surface area contributed by atoms with Gasteiger partial charge in [-0.25, -0.2) is 0 Å². The number of carbonyl (C=O) groups is 2. The molecule has 2 aliphatic rings. The zero-order valence-electron chi connectivity index (χ0n) is 11.2. The Kier molecular flexibility index (Phi) is 3.54. The standard InChI is InChI=1S/C15H16BrNO3/c1-9(18)20-12-7-11-13(16)14(12)17(15(11)19)8-10-5-3-2-4-6-10/h2-6,11-14H,7-8H2,1H3. The van der Waals surface area contributed by atoms with Crippen molar-refractivity contribution in [1.82, 2.24) is 4.90 Å². The fraction of sp³-hybridized carbons (Fsp3) is 0.467. The van der Waals surface area contributed by atoms with Crippen LogP contribution in [-0.4, -0.2) is 33.7 Å². The highest BCUT2D eigenvalue weighted by atomic mass is 79.9. The van der Waals surface area contributed by atoms with Crippen molar-refractivity contribution in [3.05, 3.63) is 35.9 Å². The average molecular weight is 338 g/mol. The summed E-state index contributed by atoms with van der Waals surface area (Å²) in [5, 5.41) is 0. The Morgan fingerprint density at radius 2 is 2.10 bits per heavy atom. The SMILES string of the molecule is CC(=O)OC1CC2C(=O)N(Cc3ccccc3)C1C2Br. The lowest BCUT2D eigenvalue weighted by atomic mass is 10.1. The summed E-state index contributed by atoms with van der Waals surface area (Å²) in [4.78, 5) is 25.5. The molecule has 0 radical (unpaired) electrons. The predicted octanol–water partition coefficient (Wildman–Crippen LogP) is 2.11. The molecule has 0 N–H and O–H groups in total. The highest BCUT2D eigenvalue weighted by molar-refractivity contribution is 9.09. The third kappa shape index (κ3) is 2.24. The second kappa shape index (κ2) is 5.20. The van der Waals surface area contributed by atoms with Crippen molar-refractivity contribution in [3.8, 4) is 0 Å². The summed E-state index contributed by atoms with van der Waals surface area (Å²) < 4.78 is 5.37. The molecule has 2 bridgehead atoms. The third-order valence-electron chi connectivity index (χ3n) is 4.05. The molecule has 4 nitrogen and oxygen atoms in total. The monoisotopic (exact) mass is 337 g/mol. The van der Waals surface area contributed by atoms with Crippen molar-refractivity contribution in [2.75, 3.05) is 0 Å². The number of rotatable bonds is 3. The van der Waals surface area contributed by atoms with Crippen molar-refractivity contribution in [2.45, 2.75) is 36.9 Å². The van der Waals surface area contributed by atoms with Gasteiger partial charge in [-0.05, 0) is 12.0 Å². The first-order chi connectivity index (χ1) is 9.58. The topological polar surface area (TPSA) is 46.6 Å². The molecular formula is C15H16BrNO3. The average Bonchev–Trinajstić information content (AvgIpc) is 2.82. The van der Waals surface area contributed by atoms with Gasteiger partial charge in [0, 0.05) is 13.5 Å². The number of fused-ring (bicyclic) bond motifs is 2. The van der Waals surface area contributed by atoms with Gasteiger partial charge in [0.1, 0.15) is 6.10 Å². The fourth-order valence-corrected chi connectivity index (χ4v) is 4.29. The van der Waals surface area contributed by atoms with Crippen LogP contribution in [-0.2, 0) is 20.9 Å². The quantitative estimate of drug-likeness (QED) is 0.626. The van der Waals surface area contributed by atoms with Crippen LogP contribution in [0.2, 0.25) is 0 Å². The molecule has 1 aromatic rings. The van der Waals surface area contributed by atoms with E-state index in [2.05, 4.69) is 15.9 Å². The number of likely N-dealkylation sites (tertiary alicyclic amines) is 1. The molecule has 1 aromatic carbocycles. The number of esters is 1. The maximum Gasteiger partial charge on any atom is 0.302 e. The molecule has 106 valence electrons. The molecule has 1 saturated carbocycles. The minimum absolute atomic E-state index is 0.0587. The molecule has 1 aliphatic carbocycles. The zero-order chi connectivity index (χ0) is 14.3. The molecule has 3 rings (SSSR count). The molecule has 20 heavy (non-hydrogen) atoms. The van der Waals surface area contributed by atoms with Gasteiger partial charge in [0.05, 0.1) is 16.8 Å². The summed E-state index contributed by atoms with van der Waals surface area (Å²) in [6, 6.07) is 9.83. The summed E-state index contributed by atoms with van der Waals surface area (Å²) >= 11 is 3.60. The second-order valence-corrected chi connectivity index (χ2v) is 6.43. The number of ether oxygens (including phenoxy) is 1. The van der Waals surface area contributed by atoms with Crippen LogP contribution in [0.1, 0.15) is 18.9 Å². The first-order valence-electron chi connectivity index (χ1n) is 6.73. The van der Waals surface area contributed by atoms with E-state index in [1.54, 1.807) is 0 Å². The van der Waals surface area contributed by atoms with Gasteiger partial charge in [0.2, 0.25) is 5.91 Å². The summed E-state index contributed by atoms with van der Waals surface area (Å²) in [5.74, 6) is -0.202. The lowest BCUT2D eigenvalue weighted by Crippen LogP contribution is -2.46. The molecule has 4 atom stereocenters. The summed E-state index contributed by atoms with van der Waals surface area (Å²) in [6.45, 7) is 1.99. The Bertz CT molecular complexity index is 533.